The Labute approximate surface area is 203 Å². The largest absolute Gasteiger partial charge is 0.497 e. The number of carbonyl (C=O) groups is 1. The van der Waals surface area contributed by atoms with Crippen LogP contribution in [0.15, 0.2) is 72.9 Å². The zero-order chi connectivity index (χ0) is 24.8. The number of ether oxygens (including phenoxy) is 4. The minimum atomic E-state index is -0.164. The number of pyridine rings is 1. The molecule has 0 saturated heterocycles. The molecule has 0 N–H and O–H groups in total. The molecule has 7 heteroatoms. The first-order valence-corrected chi connectivity index (χ1v) is 10.9. The van der Waals surface area contributed by atoms with Gasteiger partial charge in [0.2, 0.25) is 0 Å². The Morgan fingerprint density at radius 2 is 1.49 bits per heavy atom. The third-order valence-corrected chi connectivity index (χ3v) is 5.48. The predicted molar refractivity (Wildman–Crippen MR) is 136 cm³/mol. The fourth-order valence-corrected chi connectivity index (χ4v) is 3.72. The van der Waals surface area contributed by atoms with E-state index >= 15 is 0 Å². The van der Waals surface area contributed by atoms with Crippen molar-refractivity contribution in [3.8, 4) is 34.3 Å². The van der Waals surface area contributed by atoms with Crippen molar-refractivity contribution in [2.45, 2.75) is 0 Å². The van der Waals surface area contributed by atoms with Crippen LogP contribution in [0, 0.1) is 0 Å². The van der Waals surface area contributed by atoms with Crippen LogP contribution in [0.1, 0.15) is 11.3 Å². The van der Waals surface area contributed by atoms with Gasteiger partial charge in [0.05, 0.1) is 39.8 Å². The van der Waals surface area contributed by atoms with Gasteiger partial charge in [-0.3, -0.25) is 9.20 Å². The molecular formula is C28H26N2O5. The zero-order valence-electron chi connectivity index (χ0n) is 20.0. The average molecular weight is 471 g/mol. The lowest BCUT2D eigenvalue weighted by Gasteiger charge is -2.14. The molecule has 0 bridgehead atoms. The van der Waals surface area contributed by atoms with Crippen molar-refractivity contribution in [3.05, 3.63) is 84.2 Å². The van der Waals surface area contributed by atoms with E-state index in [2.05, 4.69) is 0 Å². The molecule has 0 radical (unpaired) electrons. The molecule has 2 aromatic carbocycles. The highest BCUT2D eigenvalue weighted by molar-refractivity contribution is 6.04. The van der Waals surface area contributed by atoms with Crippen molar-refractivity contribution in [3.63, 3.8) is 0 Å². The summed E-state index contributed by atoms with van der Waals surface area (Å²) in [4.78, 5) is 17.3. The van der Waals surface area contributed by atoms with E-state index in [-0.39, 0.29) is 5.78 Å². The van der Waals surface area contributed by atoms with Gasteiger partial charge in [0.25, 0.3) is 0 Å². The van der Waals surface area contributed by atoms with Gasteiger partial charge in [-0.25, -0.2) is 4.98 Å². The van der Waals surface area contributed by atoms with Gasteiger partial charge < -0.3 is 18.9 Å². The van der Waals surface area contributed by atoms with E-state index in [1.165, 1.54) is 12.2 Å². The molecule has 0 saturated carbocycles. The molecule has 0 unspecified atom stereocenters. The number of rotatable bonds is 9. The molecule has 0 aliphatic carbocycles. The maximum atomic E-state index is 12.6. The smallest absolute Gasteiger partial charge is 0.178 e. The molecule has 0 aliphatic heterocycles. The fraction of sp³-hybridized carbons (Fsp3) is 0.143. The molecule has 0 spiro atoms. The van der Waals surface area contributed by atoms with E-state index < -0.39 is 0 Å². The van der Waals surface area contributed by atoms with Crippen LogP contribution in [-0.2, 0) is 4.79 Å². The van der Waals surface area contributed by atoms with Gasteiger partial charge in [0, 0.05) is 17.8 Å². The summed E-state index contributed by atoms with van der Waals surface area (Å²) in [5.41, 5.74) is 3.77. The van der Waals surface area contributed by atoms with Gasteiger partial charge in [-0.05, 0) is 54.1 Å². The maximum absolute atomic E-state index is 12.6. The topological polar surface area (TPSA) is 71.3 Å². The third-order valence-electron chi connectivity index (χ3n) is 5.48. The lowest BCUT2D eigenvalue weighted by Crippen LogP contribution is -1.97. The maximum Gasteiger partial charge on any atom is 0.178 e. The molecular weight excluding hydrogens is 444 g/mol. The summed E-state index contributed by atoms with van der Waals surface area (Å²) in [6.07, 6.45) is 8.40. The molecule has 2 aromatic heterocycles. The molecule has 7 nitrogen and oxygen atoms in total. The first kappa shape index (κ1) is 23.6. The van der Waals surface area contributed by atoms with Gasteiger partial charge in [-0.1, -0.05) is 24.3 Å². The summed E-state index contributed by atoms with van der Waals surface area (Å²) in [5, 5.41) is 0. The highest BCUT2D eigenvalue weighted by Crippen LogP contribution is 2.41. The van der Waals surface area contributed by atoms with Crippen LogP contribution in [0.4, 0.5) is 0 Å². The monoisotopic (exact) mass is 470 g/mol. The van der Waals surface area contributed by atoms with E-state index in [0.717, 1.165) is 28.2 Å². The summed E-state index contributed by atoms with van der Waals surface area (Å²) in [6, 6.07) is 16.8. The second-order valence-electron chi connectivity index (χ2n) is 7.52. The van der Waals surface area contributed by atoms with Crippen LogP contribution in [0.3, 0.4) is 0 Å². The van der Waals surface area contributed by atoms with Crippen molar-refractivity contribution in [1.82, 2.24) is 9.38 Å². The van der Waals surface area contributed by atoms with E-state index in [4.69, 9.17) is 23.9 Å². The van der Waals surface area contributed by atoms with Crippen LogP contribution in [0.25, 0.3) is 29.1 Å². The molecule has 0 fully saturated rings. The zero-order valence-corrected chi connectivity index (χ0v) is 20.0. The number of allylic oxidation sites excluding steroid dienone is 2. The molecule has 178 valence electrons. The van der Waals surface area contributed by atoms with Gasteiger partial charge in [-0.2, -0.15) is 0 Å². The van der Waals surface area contributed by atoms with E-state index in [1.54, 1.807) is 46.7 Å². The summed E-state index contributed by atoms with van der Waals surface area (Å²) in [7, 11) is 6.36. The normalized spacial score (nSPS) is 11.3. The predicted octanol–water partition coefficient (Wildman–Crippen LogP) is 5.33. The molecule has 2 heterocycles. The lowest BCUT2D eigenvalue weighted by molar-refractivity contribution is -0.110. The van der Waals surface area contributed by atoms with E-state index in [0.29, 0.717) is 22.9 Å². The van der Waals surface area contributed by atoms with Crippen LogP contribution in [0.2, 0.25) is 0 Å². The van der Waals surface area contributed by atoms with Crippen molar-refractivity contribution in [1.29, 1.82) is 0 Å². The van der Waals surface area contributed by atoms with Crippen LogP contribution < -0.4 is 18.9 Å². The van der Waals surface area contributed by atoms with Crippen molar-refractivity contribution in [2.24, 2.45) is 0 Å². The second-order valence-corrected chi connectivity index (χ2v) is 7.52. The number of imidazole rings is 1. The van der Waals surface area contributed by atoms with Crippen molar-refractivity contribution in [2.75, 3.05) is 28.4 Å². The number of fused-ring (bicyclic) bond motifs is 1. The van der Waals surface area contributed by atoms with Crippen LogP contribution in [0.5, 0.6) is 23.0 Å². The van der Waals surface area contributed by atoms with Gasteiger partial charge in [0.1, 0.15) is 17.1 Å². The highest BCUT2D eigenvalue weighted by atomic mass is 16.5. The van der Waals surface area contributed by atoms with Gasteiger partial charge in [-0.15, -0.1) is 0 Å². The standard InChI is InChI=1S/C28H26N2O5/c1-32-21-13-9-19(10-14-21)8-11-20(31)12-15-23-28(30-16-6-5-7-27(30)29-23)22-17-25(34-3)26(35-4)18-24(22)33-2/h5-18H,1-4H3/b11-8+,15-12+. The number of hydrogen-bond donors (Lipinski definition) is 0. The number of ketones is 1. The Morgan fingerprint density at radius 3 is 2.17 bits per heavy atom. The van der Waals surface area contributed by atoms with Gasteiger partial charge >= 0.3 is 0 Å². The summed E-state index contributed by atoms with van der Waals surface area (Å²) in [5.74, 6) is 2.30. The highest BCUT2D eigenvalue weighted by Gasteiger charge is 2.20. The Kier molecular flexibility index (Phi) is 7.16. The minimum absolute atomic E-state index is 0.164. The van der Waals surface area contributed by atoms with Crippen LogP contribution in [-0.4, -0.2) is 43.6 Å². The quantitative estimate of drug-likeness (QED) is 0.308. The molecule has 0 atom stereocenters. The Balaban J connectivity index is 1.72. The first-order valence-electron chi connectivity index (χ1n) is 10.9. The molecule has 4 rings (SSSR count). The van der Waals surface area contributed by atoms with Crippen molar-refractivity contribution < 1.29 is 23.7 Å². The lowest BCUT2D eigenvalue weighted by atomic mass is 10.1. The number of nitrogens with zero attached hydrogens (tertiary/aromatic N) is 2. The Hall–Kier alpha value is -4.52. The Bertz CT molecular complexity index is 1400. The van der Waals surface area contributed by atoms with E-state index in [1.807, 2.05) is 59.1 Å². The molecule has 0 amide bonds. The summed E-state index contributed by atoms with van der Waals surface area (Å²) >= 11 is 0. The number of aromatic nitrogens is 2. The molecule has 4 aromatic rings. The van der Waals surface area contributed by atoms with Crippen molar-refractivity contribution >= 4 is 23.6 Å². The van der Waals surface area contributed by atoms with Gasteiger partial charge in [0.15, 0.2) is 17.3 Å². The number of hydrogen-bond acceptors (Lipinski definition) is 6. The molecule has 0 aliphatic rings. The second kappa shape index (κ2) is 10.6. The minimum Gasteiger partial charge on any atom is -0.497 e. The Morgan fingerprint density at radius 1 is 0.800 bits per heavy atom. The van der Waals surface area contributed by atoms with E-state index in [9.17, 15) is 4.79 Å². The number of carbonyl (C=O) groups excluding carboxylic acids is 1. The molecule has 35 heavy (non-hydrogen) atoms. The fourth-order valence-electron chi connectivity index (χ4n) is 3.72. The number of methoxy groups -OCH3 is 4. The summed E-state index contributed by atoms with van der Waals surface area (Å²) in [6.45, 7) is 0. The van der Waals surface area contributed by atoms with Crippen LogP contribution >= 0.6 is 0 Å². The first-order chi connectivity index (χ1) is 17.1. The SMILES string of the molecule is COc1ccc(/C=C/C(=O)/C=C/c2nc3ccccn3c2-c2cc(OC)c(OC)cc2OC)cc1. The summed E-state index contributed by atoms with van der Waals surface area (Å²) < 4.78 is 23.7. The average Bonchev–Trinajstić information content (AvgIpc) is 3.28. The third kappa shape index (κ3) is 5.04. The number of benzene rings is 2.